The molecule has 3 aromatic rings. The number of urea groups is 1. The lowest BCUT2D eigenvalue weighted by Gasteiger charge is -2.36. The fourth-order valence-electron chi connectivity index (χ4n) is 3.38. The fraction of sp³-hybridized carbons (Fsp3) is 0.182. The highest BCUT2D eigenvalue weighted by Crippen LogP contribution is 2.25. The van der Waals surface area contributed by atoms with Gasteiger partial charge in [0.15, 0.2) is 5.76 Å². The number of hydrogen-bond acceptors (Lipinski definition) is 3. The van der Waals surface area contributed by atoms with Gasteiger partial charge in [0.05, 0.1) is 6.26 Å². The van der Waals surface area contributed by atoms with E-state index < -0.39 is 0 Å². The Kier molecular flexibility index (Phi) is 5.53. The average molecular weight is 410 g/mol. The summed E-state index contributed by atoms with van der Waals surface area (Å²) >= 11 is 6.06. The van der Waals surface area contributed by atoms with Gasteiger partial charge in [-0.25, -0.2) is 4.79 Å². The summed E-state index contributed by atoms with van der Waals surface area (Å²) in [6.45, 7) is 1.82. The van der Waals surface area contributed by atoms with Crippen LogP contribution in [-0.4, -0.2) is 29.9 Å². The maximum absolute atomic E-state index is 13.1. The van der Waals surface area contributed by atoms with Crippen molar-refractivity contribution in [3.05, 3.63) is 83.3 Å². The highest BCUT2D eigenvalue weighted by atomic mass is 35.5. The van der Waals surface area contributed by atoms with Crippen molar-refractivity contribution in [1.82, 2.24) is 4.90 Å². The van der Waals surface area contributed by atoms with Crippen LogP contribution in [0.2, 0.25) is 5.02 Å². The number of carbonyl (C=O) groups excluding carboxylic acids is 2. The number of anilines is 2. The first kappa shape index (κ1) is 19.1. The molecule has 0 radical (unpaired) electrons. The Morgan fingerprint density at radius 2 is 1.93 bits per heavy atom. The first-order valence-electron chi connectivity index (χ1n) is 9.36. The first-order valence-corrected chi connectivity index (χ1v) is 9.74. The number of benzene rings is 2. The van der Waals surface area contributed by atoms with Crippen LogP contribution in [0.4, 0.5) is 16.2 Å². The smallest absolute Gasteiger partial charge is 0.324 e. The molecule has 1 N–H and O–H groups in total. The highest BCUT2D eigenvalue weighted by Gasteiger charge is 2.27. The summed E-state index contributed by atoms with van der Waals surface area (Å²) in [5, 5.41) is 3.45. The molecule has 1 fully saturated rings. The lowest BCUT2D eigenvalue weighted by molar-refractivity contribution is 0.0996. The van der Waals surface area contributed by atoms with Crippen LogP contribution in [0.25, 0.3) is 0 Å². The SMILES string of the molecule is O=C(Nc1cccc(N2CCCN(Cc3cccc(Cl)c3)C2=O)c1)c1ccco1. The Hall–Kier alpha value is -3.25. The quantitative estimate of drug-likeness (QED) is 0.643. The standard InChI is InChI=1S/C22H20ClN3O3/c23-17-6-1-5-16(13-17)15-25-10-4-11-26(22(25)28)19-8-2-7-18(14-19)24-21(27)20-9-3-12-29-20/h1-3,5-9,12-14H,4,10-11,15H2,(H,24,27). The van der Waals surface area contributed by atoms with Crippen molar-refractivity contribution in [1.29, 1.82) is 0 Å². The predicted molar refractivity (Wildman–Crippen MR) is 112 cm³/mol. The number of halogens is 1. The molecule has 3 amide bonds. The molecular formula is C22H20ClN3O3. The van der Waals surface area contributed by atoms with E-state index in [0.717, 1.165) is 17.7 Å². The van der Waals surface area contributed by atoms with E-state index in [1.54, 1.807) is 29.2 Å². The molecule has 0 saturated carbocycles. The molecule has 4 rings (SSSR count). The van der Waals surface area contributed by atoms with E-state index in [1.165, 1.54) is 6.26 Å². The zero-order chi connectivity index (χ0) is 20.2. The van der Waals surface area contributed by atoms with E-state index in [4.69, 9.17) is 16.0 Å². The number of amides is 3. The summed E-state index contributed by atoms with van der Waals surface area (Å²) in [6.07, 6.45) is 2.31. The molecule has 1 aliphatic heterocycles. The molecule has 0 spiro atoms. The Morgan fingerprint density at radius 1 is 1.07 bits per heavy atom. The molecule has 148 valence electrons. The van der Waals surface area contributed by atoms with Gasteiger partial charge in [-0.05, 0) is 54.4 Å². The van der Waals surface area contributed by atoms with Gasteiger partial charge in [0.2, 0.25) is 0 Å². The van der Waals surface area contributed by atoms with Crippen LogP contribution in [-0.2, 0) is 6.54 Å². The number of furan rings is 1. The second-order valence-corrected chi connectivity index (χ2v) is 7.26. The van der Waals surface area contributed by atoms with Crippen LogP contribution >= 0.6 is 11.6 Å². The third kappa shape index (κ3) is 4.43. The van der Waals surface area contributed by atoms with Crippen molar-refractivity contribution in [3.63, 3.8) is 0 Å². The van der Waals surface area contributed by atoms with Crippen LogP contribution in [0.3, 0.4) is 0 Å². The van der Waals surface area contributed by atoms with Crippen molar-refractivity contribution in [2.45, 2.75) is 13.0 Å². The Bertz CT molecular complexity index is 1020. The van der Waals surface area contributed by atoms with Crippen LogP contribution in [0.1, 0.15) is 22.5 Å². The number of nitrogens with zero attached hydrogens (tertiary/aromatic N) is 2. The van der Waals surface area contributed by atoms with Crippen molar-refractivity contribution in [2.24, 2.45) is 0 Å². The second kappa shape index (κ2) is 8.41. The topological polar surface area (TPSA) is 65.8 Å². The molecular weight excluding hydrogens is 390 g/mol. The first-order chi connectivity index (χ1) is 14.1. The van der Waals surface area contributed by atoms with Crippen LogP contribution in [0.5, 0.6) is 0 Å². The average Bonchev–Trinajstić information content (AvgIpc) is 3.25. The Labute approximate surface area is 173 Å². The van der Waals surface area contributed by atoms with Gasteiger partial charge in [-0.2, -0.15) is 0 Å². The van der Waals surface area contributed by atoms with Gasteiger partial charge < -0.3 is 14.6 Å². The van der Waals surface area contributed by atoms with E-state index >= 15 is 0 Å². The minimum Gasteiger partial charge on any atom is -0.459 e. The lowest BCUT2D eigenvalue weighted by Crippen LogP contribution is -2.49. The highest BCUT2D eigenvalue weighted by molar-refractivity contribution is 6.30. The number of hydrogen-bond donors (Lipinski definition) is 1. The summed E-state index contributed by atoms with van der Waals surface area (Å²) in [4.78, 5) is 28.8. The second-order valence-electron chi connectivity index (χ2n) is 6.82. The maximum Gasteiger partial charge on any atom is 0.324 e. The van der Waals surface area contributed by atoms with Crippen LogP contribution < -0.4 is 10.2 Å². The van der Waals surface area contributed by atoms with Gasteiger partial charge in [-0.15, -0.1) is 0 Å². The maximum atomic E-state index is 13.1. The van der Waals surface area contributed by atoms with Gasteiger partial charge in [0, 0.05) is 36.0 Å². The molecule has 7 heteroatoms. The third-order valence-corrected chi connectivity index (χ3v) is 4.97. The van der Waals surface area contributed by atoms with Gasteiger partial charge in [0.1, 0.15) is 0 Å². The molecule has 2 aromatic carbocycles. The van der Waals surface area contributed by atoms with Crippen molar-refractivity contribution < 1.29 is 14.0 Å². The fourth-order valence-corrected chi connectivity index (χ4v) is 3.59. The summed E-state index contributed by atoms with van der Waals surface area (Å²) in [6, 6.07) is 18.0. The molecule has 2 heterocycles. The summed E-state index contributed by atoms with van der Waals surface area (Å²) in [7, 11) is 0. The molecule has 1 saturated heterocycles. The summed E-state index contributed by atoms with van der Waals surface area (Å²) in [5.74, 6) is -0.100. The normalized spacial score (nSPS) is 14.2. The lowest BCUT2D eigenvalue weighted by atomic mass is 10.1. The van der Waals surface area contributed by atoms with Crippen molar-refractivity contribution in [2.75, 3.05) is 23.3 Å². The summed E-state index contributed by atoms with van der Waals surface area (Å²) in [5.41, 5.74) is 2.33. The number of nitrogens with one attached hydrogen (secondary N) is 1. The van der Waals surface area contributed by atoms with Gasteiger partial charge in [-0.1, -0.05) is 29.8 Å². The molecule has 6 nitrogen and oxygen atoms in total. The number of rotatable bonds is 5. The Balaban J connectivity index is 1.48. The van der Waals surface area contributed by atoms with Crippen molar-refractivity contribution >= 4 is 34.9 Å². The minimum atomic E-state index is -0.334. The van der Waals surface area contributed by atoms with E-state index in [9.17, 15) is 9.59 Å². The third-order valence-electron chi connectivity index (χ3n) is 4.73. The van der Waals surface area contributed by atoms with Crippen molar-refractivity contribution in [3.8, 4) is 0 Å². The van der Waals surface area contributed by atoms with E-state index in [0.29, 0.717) is 30.3 Å². The van der Waals surface area contributed by atoms with E-state index in [-0.39, 0.29) is 17.7 Å². The zero-order valence-corrected chi connectivity index (χ0v) is 16.4. The molecule has 0 atom stereocenters. The van der Waals surface area contributed by atoms with E-state index in [2.05, 4.69) is 5.32 Å². The molecule has 0 unspecified atom stereocenters. The van der Waals surface area contributed by atoms with Crippen LogP contribution in [0.15, 0.2) is 71.3 Å². The molecule has 0 bridgehead atoms. The molecule has 0 aliphatic carbocycles. The molecule has 29 heavy (non-hydrogen) atoms. The zero-order valence-electron chi connectivity index (χ0n) is 15.7. The Morgan fingerprint density at radius 3 is 2.72 bits per heavy atom. The van der Waals surface area contributed by atoms with Gasteiger partial charge in [-0.3, -0.25) is 9.69 Å². The van der Waals surface area contributed by atoms with Gasteiger partial charge >= 0.3 is 6.03 Å². The molecule has 1 aromatic heterocycles. The van der Waals surface area contributed by atoms with Crippen LogP contribution in [0, 0.1) is 0 Å². The van der Waals surface area contributed by atoms with E-state index in [1.807, 2.05) is 41.3 Å². The monoisotopic (exact) mass is 409 g/mol. The largest absolute Gasteiger partial charge is 0.459 e. The minimum absolute atomic E-state index is 0.0641. The summed E-state index contributed by atoms with van der Waals surface area (Å²) < 4.78 is 5.12. The predicted octanol–water partition coefficient (Wildman–Crippen LogP) is 5.02. The molecule has 1 aliphatic rings. The van der Waals surface area contributed by atoms with Gasteiger partial charge in [0.25, 0.3) is 5.91 Å². The number of carbonyl (C=O) groups is 2.